The maximum Gasteiger partial charge on any atom is 0.261 e. The zero-order chi connectivity index (χ0) is 35.5. The average Bonchev–Trinajstić information content (AvgIpc) is 3.18. The Kier molecular flexibility index (Phi) is 9.30. The molecule has 52 heavy (non-hydrogen) atoms. The van der Waals surface area contributed by atoms with Crippen LogP contribution in [0.1, 0.15) is 11.1 Å². The second kappa shape index (κ2) is 14.5. The van der Waals surface area contributed by atoms with Crippen molar-refractivity contribution >= 4 is 66.8 Å². The van der Waals surface area contributed by atoms with Gasteiger partial charge >= 0.3 is 0 Å². The van der Waals surface area contributed by atoms with Crippen molar-refractivity contribution in [3.8, 4) is 11.1 Å². The van der Waals surface area contributed by atoms with Gasteiger partial charge in [-0.3, -0.25) is 4.72 Å². The summed E-state index contributed by atoms with van der Waals surface area (Å²) in [7, 11) is -4.65. The predicted molar refractivity (Wildman–Crippen MR) is 221 cm³/mol. The summed E-state index contributed by atoms with van der Waals surface area (Å²) in [5.41, 5.74) is 5.87. The number of nitrogens with one attached hydrogen (secondary N) is 2. The maximum atomic E-state index is 13.2. The first-order chi connectivity index (χ1) is 25.4. The number of benzene rings is 8. The van der Waals surface area contributed by atoms with Crippen molar-refractivity contribution in [1.29, 1.82) is 0 Å². The molecule has 0 bridgehead atoms. The van der Waals surface area contributed by atoms with Gasteiger partial charge in [-0.25, -0.2) is 8.42 Å². The molecular weight excluding hydrogens is 676 g/mol. The van der Waals surface area contributed by atoms with Gasteiger partial charge in [-0.1, -0.05) is 157 Å². The van der Waals surface area contributed by atoms with E-state index in [9.17, 15) is 8.42 Å². The summed E-state index contributed by atoms with van der Waals surface area (Å²) >= 11 is 0. The van der Waals surface area contributed by atoms with Crippen LogP contribution in [0.5, 0.6) is 0 Å². The number of fused-ring (bicyclic) bond motifs is 2. The summed E-state index contributed by atoms with van der Waals surface area (Å²) in [4.78, 5) is 0.235. The highest BCUT2D eigenvalue weighted by atomic mass is 32.2. The highest BCUT2D eigenvalue weighted by molar-refractivity contribution is 7.92. The van der Waals surface area contributed by atoms with E-state index in [1.54, 1.807) is 30.3 Å². The Morgan fingerprint density at radius 1 is 0.538 bits per heavy atom. The van der Waals surface area contributed by atoms with E-state index >= 15 is 0 Å². The van der Waals surface area contributed by atoms with Crippen LogP contribution in [0, 0.1) is 6.92 Å². The fourth-order valence-corrected chi connectivity index (χ4v) is 10.4. The smallest absolute Gasteiger partial charge is 0.261 e. The molecule has 0 radical (unpaired) electrons. The second-order valence-electron chi connectivity index (χ2n) is 12.9. The summed E-state index contributed by atoms with van der Waals surface area (Å²) < 4.78 is 29.2. The molecule has 0 aliphatic rings. The Morgan fingerprint density at radius 2 is 1.12 bits per heavy atom. The van der Waals surface area contributed by atoms with Crippen LogP contribution >= 0.6 is 7.92 Å². The molecule has 0 spiro atoms. The van der Waals surface area contributed by atoms with Crippen molar-refractivity contribution in [2.75, 3.05) is 10.0 Å². The first-order valence-corrected chi connectivity index (χ1v) is 20.1. The van der Waals surface area contributed by atoms with Crippen molar-refractivity contribution in [2.24, 2.45) is 0 Å². The molecular formula is C46H37N2O2PS. The number of hydrogen-bond acceptors (Lipinski definition) is 3. The number of sulfonamides is 1. The second-order valence-corrected chi connectivity index (χ2v) is 16.7. The highest BCUT2D eigenvalue weighted by Gasteiger charge is 2.24. The first-order valence-electron chi connectivity index (χ1n) is 17.3. The van der Waals surface area contributed by atoms with Gasteiger partial charge in [0.2, 0.25) is 0 Å². The van der Waals surface area contributed by atoms with Crippen molar-refractivity contribution in [3.63, 3.8) is 0 Å². The molecule has 0 aliphatic carbocycles. The SMILES string of the molecule is Cc1ccc(S(=O)(=O)Nc2cccc(CNc3ccc4ccccc4c3-c3c(P(c4ccccc4)c4ccccc4)ccc4ccccc34)c2)cc1. The van der Waals surface area contributed by atoms with Gasteiger partial charge in [-0.2, -0.15) is 0 Å². The number of anilines is 2. The van der Waals surface area contributed by atoms with Crippen molar-refractivity contribution < 1.29 is 8.42 Å². The third-order valence-electron chi connectivity index (χ3n) is 9.35. The van der Waals surface area contributed by atoms with E-state index in [1.165, 1.54) is 37.6 Å². The van der Waals surface area contributed by atoms with Gasteiger partial charge in [-0.05, 0) is 88.2 Å². The van der Waals surface area contributed by atoms with Crippen LogP contribution < -0.4 is 26.0 Å². The molecule has 2 N–H and O–H groups in total. The lowest BCUT2D eigenvalue weighted by atomic mass is 9.92. The van der Waals surface area contributed by atoms with Crippen LogP contribution in [0.15, 0.2) is 187 Å². The fourth-order valence-electron chi connectivity index (χ4n) is 6.85. The minimum Gasteiger partial charge on any atom is -0.380 e. The number of rotatable bonds is 10. The van der Waals surface area contributed by atoms with E-state index in [4.69, 9.17) is 0 Å². The van der Waals surface area contributed by atoms with Crippen LogP contribution in [0.4, 0.5) is 11.4 Å². The van der Waals surface area contributed by atoms with Gasteiger partial charge < -0.3 is 5.32 Å². The number of aryl methyl sites for hydroxylation is 1. The fraction of sp³-hybridized carbons (Fsp3) is 0.0435. The van der Waals surface area contributed by atoms with E-state index in [0.29, 0.717) is 12.2 Å². The van der Waals surface area contributed by atoms with Gasteiger partial charge in [-0.15, -0.1) is 0 Å². The van der Waals surface area contributed by atoms with Crippen LogP contribution in [-0.2, 0) is 16.6 Å². The molecule has 0 saturated heterocycles. The summed E-state index contributed by atoms with van der Waals surface area (Å²) in [6.07, 6.45) is 0. The molecule has 6 heteroatoms. The van der Waals surface area contributed by atoms with Crippen molar-refractivity contribution in [1.82, 2.24) is 0 Å². The molecule has 254 valence electrons. The Balaban J connectivity index is 1.25. The monoisotopic (exact) mass is 712 g/mol. The lowest BCUT2D eigenvalue weighted by molar-refractivity contribution is 0.601. The minimum absolute atomic E-state index is 0.235. The van der Waals surface area contributed by atoms with E-state index in [0.717, 1.165) is 27.8 Å². The van der Waals surface area contributed by atoms with Gasteiger partial charge in [0.25, 0.3) is 10.0 Å². The number of hydrogen-bond donors (Lipinski definition) is 2. The molecule has 0 amide bonds. The van der Waals surface area contributed by atoms with Crippen LogP contribution in [-0.4, -0.2) is 8.42 Å². The Labute approximate surface area is 306 Å². The van der Waals surface area contributed by atoms with Crippen molar-refractivity contribution in [3.05, 3.63) is 193 Å². The van der Waals surface area contributed by atoms with Gasteiger partial charge in [0.15, 0.2) is 0 Å². The highest BCUT2D eigenvalue weighted by Crippen LogP contribution is 2.45. The summed E-state index contributed by atoms with van der Waals surface area (Å²) in [5.74, 6) is 0. The zero-order valence-electron chi connectivity index (χ0n) is 28.7. The lowest BCUT2D eigenvalue weighted by Crippen LogP contribution is -2.22. The molecule has 8 aromatic carbocycles. The van der Waals surface area contributed by atoms with Gasteiger partial charge in [0.1, 0.15) is 0 Å². The molecule has 0 saturated carbocycles. The van der Waals surface area contributed by atoms with Crippen molar-refractivity contribution in [2.45, 2.75) is 18.4 Å². The summed E-state index contributed by atoms with van der Waals surface area (Å²) in [5, 5.41) is 12.4. The minimum atomic E-state index is -3.73. The predicted octanol–water partition coefficient (Wildman–Crippen LogP) is 10.1. The average molecular weight is 713 g/mol. The molecule has 8 rings (SSSR count). The summed E-state index contributed by atoms with van der Waals surface area (Å²) in [6, 6.07) is 62.4. The zero-order valence-corrected chi connectivity index (χ0v) is 30.4. The maximum absolute atomic E-state index is 13.2. The quantitative estimate of drug-likeness (QED) is 0.139. The molecule has 0 unspecified atom stereocenters. The molecule has 4 nitrogen and oxygen atoms in total. The lowest BCUT2D eigenvalue weighted by Gasteiger charge is -2.26. The van der Waals surface area contributed by atoms with E-state index < -0.39 is 17.9 Å². The Hall–Kier alpha value is -5.74. The van der Waals surface area contributed by atoms with E-state index in [2.05, 4.69) is 143 Å². The molecule has 0 atom stereocenters. The van der Waals surface area contributed by atoms with Crippen LogP contribution in [0.25, 0.3) is 32.7 Å². The molecule has 0 heterocycles. The van der Waals surface area contributed by atoms with Crippen LogP contribution in [0.2, 0.25) is 0 Å². The molecule has 0 fully saturated rings. The van der Waals surface area contributed by atoms with Gasteiger partial charge in [0, 0.05) is 29.0 Å². The summed E-state index contributed by atoms with van der Waals surface area (Å²) in [6.45, 7) is 2.44. The largest absolute Gasteiger partial charge is 0.380 e. The topological polar surface area (TPSA) is 58.2 Å². The molecule has 8 aromatic rings. The first kappa shape index (κ1) is 33.4. The van der Waals surface area contributed by atoms with Crippen LogP contribution in [0.3, 0.4) is 0 Å². The third kappa shape index (κ3) is 6.81. The van der Waals surface area contributed by atoms with E-state index in [1.807, 2.05) is 25.1 Å². The van der Waals surface area contributed by atoms with E-state index in [-0.39, 0.29) is 4.90 Å². The standard InChI is InChI=1S/C46H37N2O2PS/c1-33-23-27-40(28-24-33)52(49,50)48-37-16-12-13-34(31-37)32-47-43-29-25-35-14-8-10-21-41(35)45(43)46-42-22-11-9-15-36(42)26-30-44(46)51(38-17-4-2-5-18-38)39-19-6-3-7-20-39/h2-31,47-48H,32H2,1H3. The van der Waals surface area contributed by atoms with Gasteiger partial charge in [0.05, 0.1) is 4.90 Å². The third-order valence-corrected chi connectivity index (χ3v) is 13.2. The Morgan fingerprint density at radius 3 is 1.77 bits per heavy atom. The normalized spacial score (nSPS) is 11.6. The molecule has 0 aromatic heterocycles. The Bertz CT molecular complexity index is 2590. The molecule has 0 aliphatic heterocycles.